The third-order valence-electron chi connectivity index (χ3n) is 2.59. The zero-order chi connectivity index (χ0) is 11.3. The van der Waals surface area contributed by atoms with Gasteiger partial charge in [-0.2, -0.15) is 0 Å². The van der Waals surface area contributed by atoms with Gasteiger partial charge in [0, 0.05) is 6.04 Å². The minimum absolute atomic E-state index is 0.00613. The molecule has 0 radical (unpaired) electrons. The number of hydrogen-bond donors (Lipinski definition) is 1. The van der Waals surface area contributed by atoms with Crippen LogP contribution in [0.4, 0.5) is 0 Å². The molecule has 1 aliphatic heterocycles. The van der Waals surface area contributed by atoms with Crippen LogP contribution in [0.3, 0.4) is 0 Å². The van der Waals surface area contributed by atoms with Gasteiger partial charge in [-0.15, -0.1) is 0 Å². The summed E-state index contributed by atoms with van der Waals surface area (Å²) in [5, 5.41) is 0. The largest absolute Gasteiger partial charge is 0.457 e. The fraction of sp³-hybridized carbons (Fsp3) is 0.909. The van der Waals surface area contributed by atoms with Crippen LogP contribution in [0.2, 0.25) is 0 Å². The lowest BCUT2D eigenvalue weighted by Crippen LogP contribution is -2.39. The second-order valence-electron chi connectivity index (χ2n) is 4.41. The number of rotatable bonds is 6. The molecule has 0 aromatic heterocycles. The van der Waals surface area contributed by atoms with Crippen LogP contribution in [0.1, 0.15) is 33.1 Å². The van der Waals surface area contributed by atoms with Gasteiger partial charge in [0.15, 0.2) is 0 Å². The fourth-order valence-corrected chi connectivity index (χ4v) is 1.43. The quantitative estimate of drug-likeness (QED) is 0.673. The smallest absolute Gasteiger partial charge is 0.309 e. The average molecular weight is 215 g/mol. The van der Waals surface area contributed by atoms with Gasteiger partial charge in [0.25, 0.3) is 0 Å². The molecule has 0 bridgehead atoms. The first-order valence-electron chi connectivity index (χ1n) is 5.63. The lowest BCUT2D eigenvalue weighted by Gasteiger charge is -2.26. The first kappa shape index (κ1) is 12.5. The third-order valence-corrected chi connectivity index (χ3v) is 2.59. The molecule has 88 valence electrons. The highest BCUT2D eigenvalue weighted by atomic mass is 16.6. The highest BCUT2D eigenvalue weighted by Gasteiger charge is 2.25. The molecule has 1 saturated heterocycles. The summed E-state index contributed by atoms with van der Waals surface area (Å²) in [6.07, 6.45) is 2.79. The summed E-state index contributed by atoms with van der Waals surface area (Å²) < 4.78 is 10.1. The summed E-state index contributed by atoms with van der Waals surface area (Å²) in [5.74, 6) is -0.127. The molecule has 2 atom stereocenters. The Morgan fingerprint density at radius 3 is 2.60 bits per heavy atom. The van der Waals surface area contributed by atoms with E-state index in [2.05, 4.69) is 0 Å². The predicted octanol–water partition coefficient (Wildman–Crippen LogP) is 1.08. The van der Waals surface area contributed by atoms with Crippen LogP contribution in [0.15, 0.2) is 0 Å². The van der Waals surface area contributed by atoms with E-state index >= 15 is 0 Å². The van der Waals surface area contributed by atoms with Crippen molar-refractivity contribution in [1.82, 2.24) is 0 Å². The normalized spacial score (nSPS) is 20.5. The van der Waals surface area contributed by atoms with E-state index in [9.17, 15) is 4.79 Å². The number of esters is 1. The zero-order valence-corrected chi connectivity index (χ0v) is 9.57. The van der Waals surface area contributed by atoms with Gasteiger partial charge in [-0.3, -0.25) is 4.79 Å². The van der Waals surface area contributed by atoms with Gasteiger partial charge in [0.2, 0.25) is 0 Å². The number of carbonyl (C=O) groups is 1. The standard InChI is InChI=1S/C11H21NO3/c1-8(4-3-5-9(2)12)11(13)15-10-6-14-7-10/h8-10H,3-7,12H2,1-2H3. The minimum Gasteiger partial charge on any atom is -0.457 e. The molecule has 0 saturated carbocycles. The van der Waals surface area contributed by atoms with E-state index in [-0.39, 0.29) is 24.0 Å². The van der Waals surface area contributed by atoms with E-state index in [0.29, 0.717) is 13.2 Å². The molecule has 15 heavy (non-hydrogen) atoms. The topological polar surface area (TPSA) is 61.6 Å². The van der Waals surface area contributed by atoms with Crippen molar-refractivity contribution in [1.29, 1.82) is 0 Å². The first-order chi connectivity index (χ1) is 7.09. The van der Waals surface area contributed by atoms with Crippen LogP contribution < -0.4 is 5.73 Å². The molecule has 4 heteroatoms. The summed E-state index contributed by atoms with van der Waals surface area (Å²) in [6, 6.07) is 0.216. The van der Waals surface area contributed by atoms with E-state index in [1.165, 1.54) is 0 Å². The van der Waals surface area contributed by atoms with Crippen molar-refractivity contribution in [2.24, 2.45) is 11.7 Å². The Hall–Kier alpha value is -0.610. The van der Waals surface area contributed by atoms with Crippen LogP contribution in [0, 0.1) is 5.92 Å². The Morgan fingerprint density at radius 1 is 1.47 bits per heavy atom. The van der Waals surface area contributed by atoms with Gasteiger partial charge in [0.05, 0.1) is 19.1 Å². The van der Waals surface area contributed by atoms with Crippen molar-refractivity contribution in [3.63, 3.8) is 0 Å². The molecule has 0 aromatic rings. The summed E-state index contributed by atoms with van der Waals surface area (Å²) in [5.41, 5.74) is 5.63. The first-order valence-corrected chi connectivity index (χ1v) is 5.63. The summed E-state index contributed by atoms with van der Waals surface area (Å²) in [6.45, 7) is 4.99. The van der Waals surface area contributed by atoms with E-state index in [1.54, 1.807) is 0 Å². The van der Waals surface area contributed by atoms with Crippen LogP contribution >= 0.6 is 0 Å². The molecule has 2 N–H and O–H groups in total. The molecule has 1 heterocycles. The van der Waals surface area contributed by atoms with Crippen molar-refractivity contribution < 1.29 is 14.3 Å². The van der Waals surface area contributed by atoms with Crippen molar-refractivity contribution in [2.45, 2.75) is 45.3 Å². The van der Waals surface area contributed by atoms with Crippen LogP contribution in [-0.2, 0) is 14.3 Å². The van der Waals surface area contributed by atoms with Gasteiger partial charge >= 0.3 is 5.97 Å². The monoisotopic (exact) mass is 215 g/mol. The molecule has 0 spiro atoms. The van der Waals surface area contributed by atoms with Crippen molar-refractivity contribution in [3.8, 4) is 0 Å². The third kappa shape index (κ3) is 4.62. The van der Waals surface area contributed by atoms with E-state index in [0.717, 1.165) is 19.3 Å². The maximum absolute atomic E-state index is 11.5. The Labute approximate surface area is 91.1 Å². The summed E-state index contributed by atoms with van der Waals surface area (Å²) in [4.78, 5) is 11.5. The molecule has 2 unspecified atom stereocenters. The SMILES string of the molecule is CC(N)CCCC(C)C(=O)OC1COC1. The maximum atomic E-state index is 11.5. The molecule has 1 aliphatic rings. The number of hydrogen-bond acceptors (Lipinski definition) is 4. The Morgan fingerprint density at radius 2 is 2.13 bits per heavy atom. The van der Waals surface area contributed by atoms with Crippen molar-refractivity contribution in [2.75, 3.05) is 13.2 Å². The number of carbonyl (C=O) groups excluding carboxylic acids is 1. The molecule has 1 rings (SSSR count). The van der Waals surface area contributed by atoms with E-state index in [4.69, 9.17) is 15.2 Å². The molecule has 0 aliphatic carbocycles. The molecule has 0 amide bonds. The fourth-order valence-electron chi connectivity index (χ4n) is 1.43. The van der Waals surface area contributed by atoms with Crippen molar-refractivity contribution in [3.05, 3.63) is 0 Å². The second kappa shape index (κ2) is 6.08. The Balaban J connectivity index is 2.09. The van der Waals surface area contributed by atoms with Gasteiger partial charge in [-0.25, -0.2) is 0 Å². The van der Waals surface area contributed by atoms with Crippen molar-refractivity contribution >= 4 is 5.97 Å². The average Bonchev–Trinajstić information content (AvgIpc) is 2.10. The highest BCUT2D eigenvalue weighted by Crippen LogP contribution is 2.14. The Kier molecular flexibility index (Phi) is 5.05. The van der Waals surface area contributed by atoms with Crippen LogP contribution in [-0.4, -0.2) is 31.3 Å². The molecule has 4 nitrogen and oxygen atoms in total. The highest BCUT2D eigenvalue weighted by molar-refractivity contribution is 5.72. The van der Waals surface area contributed by atoms with Crippen LogP contribution in [0.5, 0.6) is 0 Å². The van der Waals surface area contributed by atoms with Gasteiger partial charge < -0.3 is 15.2 Å². The molecule has 0 aromatic carbocycles. The van der Waals surface area contributed by atoms with Gasteiger partial charge in [0.1, 0.15) is 6.10 Å². The van der Waals surface area contributed by atoms with Gasteiger partial charge in [-0.05, 0) is 19.8 Å². The Bertz CT molecular complexity index is 202. The van der Waals surface area contributed by atoms with Gasteiger partial charge in [-0.1, -0.05) is 13.3 Å². The number of nitrogens with two attached hydrogens (primary N) is 1. The summed E-state index contributed by atoms with van der Waals surface area (Å²) >= 11 is 0. The molecule has 1 fully saturated rings. The maximum Gasteiger partial charge on any atom is 0.309 e. The second-order valence-corrected chi connectivity index (χ2v) is 4.41. The number of ether oxygens (including phenoxy) is 2. The van der Waals surface area contributed by atoms with E-state index in [1.807, 2.05) is 13.8 Å². The lowest BCUT2D eigenvalue weighted by molar-refractivity contribution is -0.176. The minimum atomic E-state index is -0.104. The zero-order valence-electron chi connectivity index (χ0n) is 9.57. The van der Waals surface area contributed by atoms with Crippen LogP contribution in [0.25, 0.3) is 0 Å². The lowest BCUT2D eigenvalue weighted by atomic mass is 10.0. The summed E-state index contributed by atoms with van der Waals surface area (Å²) in [7, 11) is 0. The van der Waals surface area contributed by atoms with E-state index < -0.39 is 0 Å². The molecular formula is C11H21NO3. The molecular weight excluding hydrogens is 194 g/mol. The predicted molar refractivity (Wildman–Crippen MR) is 57.4 cm³/mol.